The van der Waals surface area contributed by atoms with Crippen molar-refractivity contribution in [3.8, 4) is 0 Å². The van der Waals surface area contributed by atoms with Crippen LogP contribution in [0.25, 0.3) is 0 Å². The van der Waals surface area contributed by atoms with Gasteiger partial charge in [0.2, 0.25) is 11.8 Å². The van der Waals surface area contributed by atoms with E-state index < -0.39 is 0 Å². The van der Waals surface area contributed by atoms with Crippen LogP contribution >= 0.6 is 11.6 Å². The Morgan fingerprint density at radius 1 is 1.29 bits per heavy atom. The zero-order valence-corrected chi connectivity index (χ0v) is 10.6. The molecule has 0 atom stereocenters. The summed E-state index contributed by atoms with van der Waals surface area (Å²) < 4.78 is 0. The minimum atomic E-state index is -0.267. The Bertz CT molecular complexity index is 433. The normalized spacial score (nSPS) is 9.82. The van der Waals surface area contributed by atoms with Gasteiger partial charge in [-0.15, -0.1) is 0 Å². The Labute approximate surface area is 105 Å². The van der Waals surface area contributed by atoms with Gasteiger partial charge in [0, 0.05) is 17.1 Å². The van der Waals surface area contributed by atoms with Gasteiger partial charge >= 0.3 is 0 Å². The molecule has 0 saturated heterocycles. The first-order chi connectivity index (χ1) is 8.04. The molecule has 92 valence electrons. The second kappa shape index (κ2) is 6.25. The van der Waals surface area contributed by atoms with Gasteiger partial charge < -0.3 is 10.6 Å². The van der Waals surface area contributed by atoms with Crippen LogP contribution in [0.5, 0.6) is 0 Å². The molecule has 2 amide bonds. The highest BCUT2D eigenvalue weighted by Crippen LogP contribution is 2.22. The Balaban J connectivity index is 2.56. The highest BCUT2D eigenvalue weighted by atomic mass is 35.5. The summed E-state index contributed by atoms with van der Waals surface area (Å²) in [5.41, 5.74) is 1.47. The standard InChI is InChI=1S/C12H15ClN2O2/c1-3-11(16)14-7-12(17)15-10-6-4-5-9(13)8(10)2/h4-6H,3,7H2,1-2H3,(H,14,16)(H,15,17). The van der Waals surface area contributed by atoms with Crippen LogP contribution in [0.3, 0.4) is 0 Å². The molecule has 5 heteroatoms. The van der Waals surface area contributed by atoms with Gasteiger partial charge in [0.05, 0.1) is 6.54 Å². The van der Waals surface area contributed by atoms with Crippen molar-refractivity contribution in [2.45, 2.75) is 20.3 Å². The fraction of sp³-hybridized carbons (Fsp3) is 0.333. The van der Waals surface area contributed by atoms with E-state index in [9.17, 15) is 9.59 Å². The first-order valence-electron chi connectivity index (χ1n) is 5.36. The quantitative estimate of drug-likeness (QED) is 0.865. The summed E-state index contributed by atoms with van der Waals surface area (Å²) >= 11 is 5.93. The second-order valence-corrected chi connectivity index (χ2v) is 4.00. The number of rotatable bonds is 4. The molecule has 0 aliphatic carbocycles. The minimum absolute atomic E-state index is 0.0291. The molecule has 1 rings (SSSR count). The summed E-state index contributed by atoms with van der Waals surface area (Å²) in [5.74, 6) is -0.417. The summed E-state index contributed by atoms with van der Waals surface area (Å²) in [6.45, 7) is 3.52. The first-order valence-corrected chi connectivity index (χ1v) is 5.74. The SMILES string of the molecule is CCC(=O)NCC(=O)Nc1cccc(Cl)c1C. The molecule has 0 aliphatic heterocycles. The average Bonchev–Trinajstić information content (AvgIpc) is 2.32. The Morgan fingerprint density at radius 3 is 2.65 bits per heavy atom. The Hall–Kier alpha value is -1.55. The predicted molar refractivity (Wildman–Crippen MR) is 68.1 cm³/mol. The molecule has 4 nitrogen and oxygen atoms in total. The molecule has 1 aromatic carbocycles. The van der Waals surface area contributed by atoms with Crippen molar-refractivity contribution in [2.24, 2.45) is 0 Å². The van der Waals surface area contributed by atoms with E-state index in [1.807, 2.05) is 6.92 Å². The number of carbonyl (C=O) groups is 2. The van der Waals surface area contributed by atoms with E-state index in [2.05, 4.69) is 10.6 Å². The lowest BCUT2D eigenvalue weighted by Crippen LogP contribution is -2.32. The summed E-state index contributed by atoms with van der Waals surface area (Å²) in [6.07, 6.45) is 0.365. The van der Waals surface area contributed by atoms with Crippen molar-refractivity contribution >= 4 is 29.1 Å². The number of halogens is 1. The van der Waals surface area contributed by atoms with E-state index in [0.717, 1.165) is 5.56 Å². The van der Waals surface area contributed by atoms with Crippen LogP contribution in [0.4, 0.5) is 5.69 Å². The molecule has 0 aliphatic rings. The van der Waals surface area contributed by atoms with Crippen LogP contribution in [0.1, 0.15) is 18.9 Å². The fourth-order valence-corrected chi connectivity index (χ4v) is 1.42. The van der Waals surface area contributed by atoms with Crippen molar-refractivity contribution < 1.29 is 9.59 Å². The maximum absolute atomic E-state index is 11.5. The number of benzene rings is 1. The van der Waals surface area contributed by atoms with E-state index in [1.165, 1.54) is 0 Å². The summed E-state index contributed by atoms with van der Waals surface area (Å²) in [5, 5.41) is 5.79. The Morgan fingerprint density at radius 2 is 2.00 bits per heavy atom. The van der Waals surface area contributed by atoms with Gasteiger partial charge in [0.1, 0.15) is 0 Å². The number of amides is 2. The molecule has 0 radical (unpaired) electrons. The first kappa shape index (κ1) is 13.5. The number of hydrogen-bond acceptors (Lipinski definition) is 2. The molecule has 1 aromatic rings. The van der Waals surface area contributed by atoms with Gasteiger partial charge in [0.25, 0.3) is 0 Å². The third-order valence-electron chi connectivity index (χ3n) is 2.31. The van der Waals surface area contributed by atoms with Crippen molar-refractivity contribution in [3.05, 3.63) is 28.8 Å². The van der Waals surface area contributed by atoms with Crippen LogP contribution in [-0.4, -0.2) is 18.4 Å². The minimum Gasteiger partial charge on any atom is -0.347 e. The van der Waals surface area contributed by atoms with E-state index in [1.54, 1.807) is 25.1 Å². The third kappa shape index (κ3) is 4.07. The third-order valence-corrected chi connectivity index (χ3v) is 2.72. The fourth-order valence-electron chi connectivity index (χ4n) is 1.24. The van der Waals surface area contributed by atoms with Crippen LogP contribution in [0.2, 0.25) is 5.02 Å². The number of carbonyl (C=O) groups excluding carboxylic acids is 2. The van der Waals surface area contributed by atoms with E-state index in [4.69, 9.17) is 11.6 Å². The molecule has 0 aromatic heterocycles. The van der Waals surface area contributed by atoms with E-state index in [-0.39, 0.29) is 18.4 Å². The lowest BCUT2D eigenvalue weighted by molar-refractivity contribution is -0.123. The smallest absolute Gasteiger partial charge is 0.243 e. The number of hydrogen-bond donors (Lipinski definition) is 2. The highest BCUT2D eigenvalue weighted by molar-refractivity contribution is 6.31. The predicted octanol–water partition coefficient (Wildman–Crippen LogP) is 2.11. The van der Waals surface area contributed by atoms with E-state index in [0.29, 0.717) is 17.1 Å². The van der Waals surface area contributed by atoms with Crippen molar-refractivity contribution in [1.82, 2.24) is 5.32 Å². The highest BCUT2D eigenvalue weighted by Gasteiger charge is 2.07. The molecular formula is C12H15ClN2O2. The van der Waals surface area contributed by atoms with Crippen molar-refractivity contribution in [3.63, 3.8) is 0 Å². The molecule has 0 saturated carbocycles. The van der Waals surface area contributed by atoms with Gasteiger partial charge in [-0.1, -0.05) is 24.6 Å². The van der Waals surface area contributed by atoms with Gasteiger partial charge in [0.15, 0.2) is 0 Å². The van der Waals surface area contributed by atoms with Crippen LogP contribution in [0, 0.1) is 6.92 Å². The lowest BCUT2D eigenvalue weighted by Gasteiger charge is -2.09. The van der Waals surface area contributed by atoms with E-state index >= 15 is 0 Å². The molecule has 0 spiro atoms. The second-order valence-electron chi connectivity index (χ2n) is 3.59. The maximum atomic E-state index is 11.5. The zero-order chi connectivity index (χ0) is 12.8. The molecule has 17 heavy (non-hydrogen) atoms. The largest absolute Gasteiger partial charge is 0.347 e. The molecule has 0 fully saturated rings. The van der Waals surface area contributed by atoms with Gasteiger partial charge in [-0.25, -0.2) is 0 Å². The van der Waals surface area contributed by atoms with Crippen molar-refractivity contribution in [1.29, 1.82) is 0 Å². The van der Waals surface area contributed by atoms with Gasteiger partial charge in [-0.2, -0.15) is 0 Å². The van der Waals surface area contributed by atoms with Gasteiger partial charge in [-0.3, -0.25) is 9.59 Å². The van der Waals surface area contributed by atoms with Crippen LogP contribution in [0.15, 0.2) is 18.2 Å². The lowest BCUT2D eigenvalue weighted by atomic mass is 10.2. The number of anilines is 1. The topological polar surface area (TPSA) is 58.2 Å². The summed E-state index contributed by atoms with van der Waals surface area (Å²) in [6, 6.07) is 5.28. The summed E-state index contributed by atoms with van der Waals surface area (Å²) in [7, 11) is 0. The molecule has 0 bridgehead atoms. The average molecular weight is 255 g/mol. The number of nitrogens with one attached hydrogen (secondary N) is 2. The molecule has 0 heterocycles. The molecule has 0 unspecified atom stereocenters. The monoisotopic (exact) mass is 254 g/mol. The maximum Gasteiger partial charge on any atom is 0.243 e. The zero-order valence-electron chi connectivity index (χ0n) is 9.84. The molecular weight excluding hydrogens is 240 g/mol. The van der Waals surface area contributed by atoms with Crippen molar-refractivity contribution in [2.75, 3.05) is 11.9 Å². The van der Waals surface area contributed by atoms with Gasteiger partial charge in [-0.05, 0) is 24.6 Å². The van der Waals surface area contributed by atoms with Crippen LogP contribution < -0.4 is 10.6 Å². The Kier molecular flexibility index (Phi) is 4.97. The summed E-state index contributed by atoms with van der Waals surface area (Å²) in [4.78, 5) is 22.5. The molecule has 2 N–H and O–H groups in total. The van der Waals surface area contributed by atoms with Crippen LogP contribution in [-0.2, 0) is 9.59 Å².